The summed E-state index contributed by atoms with van der Waals surface area (Å²) in [6, 6.07) is 14.9. The topological polar surface area (TPSA) is 65.4 Å². The number of carbonyl (C=O) groups is 1. The first-order valence-electron chi connectivity index (χ1n) is 7.49. The van der Waals surface area contributed by atoms with E-state index in [2.05, 4.69) is 16.1 Å². The van der Waals surface area contributed by atoms with Gasteiger partial charge in [0.05, 0.1) is 11.6 Å². The van der Waals surface area contributed by atoms with Crippen molar-refractivity contribution in [1.82, 2.24) is 10.2 Å². The Morgan fingerprint density at radius 2 is 1.96 bits per heavy atom. The van der Waals surface area contributed by atoms with Crippen molar-refractivity contribution in [3.63, 3.8) is 0 Å². The molecule has 130 valence electrons. The highest BCUT2D eigenvalue weighted by Crippen LogP contribution is 2.16. The molecular formula is C18H17F2N3O2. The molecule has 2 rings (SSSR count). The largest absolute Gasteiger partial charge is 0.435 e. The van der Waals surface area contributed by atoms with Crippen molar-refractivity contribution >= 4 is 6.03 Å². The maximum atomic E-state index is 12.2. The number of nitrogens with one attached hydrogen (secondary N) is 1. The summed E-state index contributed by atoms with van der Waals surface area (Å²) >= 11 is 0. The van der Waals surface area contributed by atoms with Crippen LogP contribution in [0.25, 0.3) is 0 Å². The van der Waals surface area contributed by atoms with Crippen LogP contribution in [-0.4, -0.2) is 24.6 Å². The van der Waals surface area contributed by atoms with Gasteiger partial charge in [-0.2, -0.15) is 14.0 Å². The van der Waals surface area contributed by atoms with E-state index in [4.69, 9.17) is 5.26 Å². The third-order valence-corrected chi connectivity index (χ3v) is 3.39. The van der Waals surface area contributed by atoms with Gasteiger partial charge in [0.25, 0.3) is 0 Å². The van der Waals surface area contributed by atoms with Crippen molar-refractivity contribution in [3.05, 3.63) is 65.2 Å². The molecule has 0 aromatic heterocycles. The molecule has 0 unspecified atom stereocenters. The van der Waals surface area contributed by atoms with Gasteiger partial charge in [-0.15, -0.1) is 0 Å². The normalized spacial score (nSPS) is 10.2. The van der Waals surface area contributed by atoms with Crippen molar-refractivity contribution in [1.29, 1.82) is 5.26 Å². The molecule has 0 saturated carbocycles. The predicted molar refractivity (Wildman–Crippen MR) is 87.9 cm³/mol. The number of urea groups is 1. The number of halogens is 2. The zero-order chi connectivity index (χ0) is 18.2. The molecule has 2 aromatic rings. The van der Waals surface area contributed by atoms with Gasteiger partial charge in [0.1, 0.15) is 5.75 Å². The Balaban J connectivity index is 1.90. The molecule has 5 nitrogen and oxygen atoms in total. The molecule has 0 spiro atoms. The maximum absolute atomic E-state index is 12.2. The summed E-state index contributed by atoms with van der Waals surface area (Å²) in [4.78, 5) is 13.6. The van der Waals surface area contributed by atoms with Crippen LogP contribution in [0.15, 0.2) is 48.5 Å². The Hall–Kier alpha value is -3.14. The third-order valence-electron chi connectivity index (χ3n) is 3.39. The zero-order valence-electron chi connectivity index (χ0n) is 13.6. The second kappa shape index (κ2) is 8.64. The summed E-state index contributed by atoms with van der Waals surface area (Å²) < 4.78 is 28.8. The molecule has 0 saturated heterocycles. The lowest BCUT2D eigenvalue weighted by Crippen LogP contribution is -2.36. The number of nitriles is 1. The summed E-state index contributed by atoms with van der Waals surface area (Å²) in [6.45, 7) is -2.36. The molecule has 1 N–H and O–H groups in total. The summed E-state index contributed by atoms with van der Waals surface area (Å²) in [6.07, 6.45) is 0. The van der Waals surface area contributed by atoms with Crippen molar-refractivity contribution in [2.75, 3.05) is 7.05 Å². The van der Waals surface area contributed by atoms with Crippen LogP contribution in [0.1, 0.15) is 16.7 Å². The monoisotopic (exact) mass is 345 g/mol. The fourth-order valence-electron chi connectivity index (χ4n) is 2.23. The number of hydrogen-bond acceptors (Lipinski definition) is 3. The minimum absolute atomic E-state index is 0.0448. The molecule has 0 aliphatic carbocycles. The van der Waals surface area contributed by atoms with Crippen LogP contribution < -0.4 is 10.1 Å². The third kappa shape index (κ3) is 5.77. The molecule has 0 radical (unpaired) electrons. The summed E-state index contributed by atoms with van der Waals surface area (Å²) in [5.74, 6) is 0.0448. The van der Waals surface area contributed by atoms with Gasteiger partial charge in [-0.25, -0.2) is 4.79 Å². The van der Waals surface area contributed by atoms with E-state index in [1.165, 1.54) is 17.0 Å². The van der Waals surface area contributed by atoms with Crippen molar-refractivity contribution < 1.29 is 18.3 Å². The van der Waals surface area contributed by atoms with Crippen LogP contribution in [0.4, 0.5) is 13.6 Å². The molecule has 25 heavy (non-hydrogen) atoms. The lowest BCUT2D eigenvalue weighted by Gasteiger charge is -2.18. The molecule has 0 aliphatic heterocycles. The van der Waals surface area contributed by atoms with Crippen LogP contribution >= 0.6 is 0 Å². The van der Waals surface area contributed by atoms with Crippen molar-refractivity contribution in [2.45, 2.75) is 19.7 Å². The molecule has 2 amide bonds. The van der Waals surface area contributed by atoms with Crippen molar-refractivity contribution in [2.24, 2.45) is 0 Å². The fourth-order valence-corrected chi connectivity index (χ4v) is 2.23. The molecule has 2 aromatic carbocycles. The Labute approximate surface area is 144 Å². The second-order valence-electron chi connectivity index (χ2n) is 5.35. The number of nitrogens with zero attached hydrogens (tertiary/aromatic N) is 2. The van der Waals surface area contributed by atoms with Gasteiger partial charge in [-0.05, 0) is 35.4 Å². The van der Waals surface area contributed by atoms with Gasteiger partial charge < -0.3 is 15.0 Å². The first kappa shape index (κ1) is 18.2. The van der Waals surface area contributed by atoms with E-state index < -0.39 is 6.61 Å². The van der Waals surface area contributed by atoms with Crippen LogP contribution in [0.5, 0.6) is 5.75 Å². The molecular weight excluding hydrogens is 328 g/mol. The van der Waals surface area contributed by atoms with Crippen molar-refractivity contribution in [3.8, 4) is 11.8 Å². The number of benzene rings is 2. The molecule has 0 heterocycles. The van der Waals surface area contributed by atoms with Gasteiger partial charge in [0.15, 0.2) is 0 Å². The van der Waals surface area contributed by atoms with E-state index in [9.17, 15) is 13.6 Å². The van der Waals surface area contributed by atoms with E-state index in [0.29, 0.717) is 17.7 Å². The van der Waals surface area contributed by atoms with Gasteiger partial charge in [-0.1, -0.05) is 24.3 Å². The number of hydrogen-bond donors (Lipinski definition) is 1. The van der Waals surface area contributed by atoms with Gasteiger partial charge in [-0.3, -0.25) is 0 Å². The summed E-state index contributed by atoms with van der Waals surface area (Å²) in [5, 5.41) is 11.6. The van der Waals surface area contributed by atoms with Crippen LogP contribution in [-0.2, 0) is 13.1 Å². The van der Waals surface area contributed by atoms with Gasteiger partial charge in [0, 0.05) is 20.1 Å². The average molecular weight is 345 g/mol. The predicted octanol–water partition coefficient (Wildman–Crippen LogP) is 3.50. The highest BCUT2D eigenvalue weighted by molar-refractivity contribution is 5.73. The lowest BCUT2D eigenvalue weighted by atomic mass is 10.1. The Kier molecular flexibility index (Phi) is 6.29. The Bertz CT molecular complexity index is 775. The van der Waals surface area contributed by atoms with E-state index in [-0.39, 0.29) is 18.3 Å². The zero-order valence-corrected chi connectivity index (χ0v) is 13.6. The highest BCUT2D eigenvalue weighted by Gasteiger charge is 2.10. The van der Waals surface area contributed by atoms with E-state index in [1.54, 1.807) is 37.4 Å². The van der Waals surface area contributed by atoms with E-state index >= 15 is 0 Å². The van der Waals surface area contributed by atoms with Crippen LogP contribution in [0.3, 0.4) is 0 Å². The maximum Gasteiger partial charge on any atom is 0.387 e. The molecule has 0 fully saturated rings. The Morgan fingerprint density at radius 1 is 1.24 bits per heavy atom. The number of alkyl halides is 2. The minimum Gasteiger partial charge on any atom is -0.435 e. The van der Waals surface area contributed by atoms with Crippen LogP contribution in [0, 0.1) is 11.3 Å². The second-order valence-corrected chi connectivity index (χ2v) is 5.35. The summed E-state index contributed by atoms with van der Waals surface area (Å²) in [5.41, 5.74) is 2.01. The highest BCUT2D eigenvalue weighted by atomic mass is 19.3. The number of amides is 2. The van der Waals surface area contributed by atoms with E-state index in [1.807, 2.05) is 6.07 Å². The van der Waals surface area contributed by atoms with E-state index in [0.717, 1.165) is 5.56 Å². The first-order chi connectivity index (χ1) is 12.0. The Morgan fingerprint density at radius 3 is 2.68 bits per heavy atom. The summed E-state index contributed by atoms with van der Waals surface area (Å²) in [7, 11) is 1.63. The van der Waals surface area contributed by atoms with Gasteiger partial charge in [0.2, 0.25) is 0 Å². The minimum atomic E-state index is -2.89. The lowest BCUT2D eigenvalue weighted by molar-refractivity contribution is -0.0498. The fraction of sp³-hybridized carbons (Fsp3) is 0.222. The number of carbonyl (C=O) groups excluding carboxylic acids is 1. The number of rotatable bonds is 6. The molecule has 0 bridgehead atoms. The first-order valence-corrected chi connectivity index (χ1v) is 7.49. The molecule has 0 aliphatic rings. The van der Waals surface area contributed by atoms with Crippen LogP contribution in [0.2, 0.25) is 0 Å². The van der Waals surface area contributed by atoms with Gasteiger partial charge >= 0.3 is 12.6 Å². The quantitative estimate of drug-likeness (QED) is 0.871. The number of ether oxygens (including phenoxy) is 1. The standard InChI is InChI=1S/C18H17F2N3O2/c1-23(12-15-6-2-4-13(8-15)10-21)18(24)22-11-14-5-3-7-16(9-14)25-17(19)20/h2-9,17H,11-12H2,1H3,(H,22,24). The molecule has 0 atom stereocenters. The molecule has 7 heteroatoms. The average Bonchev–Trinajstić information content (AvgIpc) is 2.59. The smallest absolute Gasteiger partial charge is 0.387 e. The SMILES string of the molecule is CN(Cc1cccc(C#N)c1)C(=O)NCc1cccc(OC(F)F)c1.